The lowest BCUT2D eigenvalue weighted by molar-refractivity contribution is 1.18. The summed E-state index contributed by atoms with van der Waals surface area (Å²) in [7, 11) is 0. The number of nitrogens with zero attached hydrogens (tertiary/aromatic N) is 9. The van der Waals surface area contributed by atoms with Crippen molar-refractivity contribution in [3.8, 4) is 69.3 Å². The maximum absolute atomic E-state index is 10.8. The van der Waals surface area contributed by atoms with Crippen molar-refractivity contribution in [1.29, 1.82) is 21.0 Å². The van der Waals surface area contributed by atoms with Gasteiger partial charge in [0.25, 0.3) is 0 Å². The lowest BCUT2D eigenvalue weighted by Crippen LogP contribution is -2.09. The molecular formula is C74H49N9. The molecule has 0 aliphatic rings. The van der Waals surface area contributed by atoms with Gasteiger partial charge in [-0.15, -0.1) is 0 Å². The number of allylic oxidation sites excluding steroid dienone is 4. The van der Waals surface area contributed by atoms with Crippen molar-refractivity contribution in [3.05, 3.63) is 289 Å². The van der Waals surface area contributed by atoms with Crippen molar-refractivity contribution in [2.45, 2.75) is 13.8 Å². The van der Waals surface area contributed by atoms with Crippen LogP contribution in [0.2, 0.25) is 0 Å². The molecule has 0 saturated heterocycles. The number of rotatable bonds is 13. The molecule has 10 aromatic carbocycles. The highest BCUT2D eigenvalue weighted by Gasteiger charge is 2.21. The zero-order valence-corrected chi connectivity index (χ0v) is 45.4. The molecule has 0 amide bonds. The van der Waals surface area contributed by atoms with Crippen LogP contribution in [0.5, 0.6) is 0 Å². The van der Waals surface area contributed by atoms with Gasteiger partial charge in [0.05, 0.1) is 69.0 Å². The van der Waals surface area contributed by atoms with Gasteiger partial charge in [-0.3, -0.25) is 0 Å². The van der Waals surface area contributed by atoms with Gasteiger partial charge in [0.2, 0.25) is 0 Å². The first kappa shape index (κ1) is 51.9. The standard InChI is InChI=1S/C74H49N9/c1-50(73-59(48-77)41-58(42-60(73)49-78)54-31-33-55(34-32-54)69-45-70(56-19-15-17-52(39-56)46-75)80-74(79-69)57-20-16-18-53(40-57)47-76)29-30-51(2)81-71-37-35-65(82(61-21-7-3-8-22-61)62-23-9-4-10-24-62)43-67(71)68-44-66(36-38-72(68)81)83(63-25-11-5-12-26-63)64-27-13-6-14-28-64/h3-45H,1-2H3/b50-29+,51-30+. The highest BCUT2D eigenvalue weighted by Crippen LogP contribution is 2.43. The molecule has 0 radical (unpaired) electrons. The molecule has 9 heteroatoms. The molecule has 0 saturated carbocycles. The number of para-hydroxylation sites is 4. The third-order valence-electron chi connectivity index (χ3n) is 14.8. The summed E-state index contributed by atoms with van der Waals surface area (Å²) < 4.78 is 2.29. The van der Waals surface area contributed by atoms with E-state index in [-0.39, 0.29) is 0 Å². The van der Waals surface area contributed by atoms with Crippen LogP contribution in [0.1, 0.15) is 41.7 Å². The number of anilines is 6. The summed E-state index contributed by atoms with van der Waals surface area (Å²) in [6.45, 7) is 4.04. The van der Waals surface area contributed by atoms with Crippen LogP contribution in [0.15, 0.2) is 261 Å². The quantitative estimate of drug-likeness (QED) is 0.104. The van der Waals surface area contributed by atoms with E-state index in [1.165, 1.54) is 0 Å². The summed E-state index contributed by atoms with van der Waals surface area (Å²) in [5.41, 5.74) is 17.3. The van der Waals surface area contributed by atoms with Crippen molar-refractivity contribution in [3.63, 3.8) is 0 Å². The Morgan fingerprint density at radius 2 is 0.807 bits per heavy atom. The van der Waals surface area contributed by atoms with Crippen LogP contribution in [0.4, 0.5) is 34.1 Å². The van der Waals surface area contributed by atoms with Crippen molar-refractivity contribution >= 4 is 67.2 Å². The minimum atomic E-state index is 0.381. The predicted molar refractivity (Wildman–Crippen MR) is 335 cm³/mol. The fourth-order valence-corrected chi connectivity index (χ4v) is 10.9. The van der Waals surface area contributed by atoms with Crippen LogP contribution in [0.25, 0.3) is 78.1 Å². The van der Waals surface area contributed by atoms with Gasteiger partial charge in [-0.1, -0.05) is 127 Å². The van der Waals surface area contributed by atoms with Gasteiger partial charge < -0.3 is 14.4 Å². The van der Waals surface area contributed by atoms with E-state index < -0.39 is 0 Å². The second kappa shape index (κ2) is 22.8. The molecule has 0 bridgehead atoms. The lowest BCUT2D eigenvalue weighted by atomic mass is 9.91. The van der Waals surface area contributed by atoms with Crippen molar-refractivity contribution in [2.75, 3.05) is 9.80 Å². The smallest absolute Gasteiger partial charge is 0.160 e. The highest BCUT2D eigenvalue weighted by atomic mass is 15.1. The van der Waals surface area contributed by atoms with Gasteiger partial charge in [0.1, 0.15) is 0 Å². The van der Waals surface area contributed by atoms with E-state index in [0.717, 1.165) is 89.5 Å². The van der Waals surface area contributed by atoms with Crippen LogP contribution in [0.3, 0.4) is 0 Å². The number of hydrogen-bond donors (Lipinski definition) is 0. The summed E-state index contributed by atoms with van der Waals surface area (Å²) in [6, 6.07) is 92.1. The molecule has 2 aromatic heterocycles. The minimum Gasteiger partial charge on any atom is -0.313 e. The van der Waals surface area contributed by atoms with Crippen molar-refractivity contribution in [1.82, 2.24) is 14.5 Å². The molecule has 83 heavy (non-hydrogen) atoms. The Labute approximate surface area is 482 Å². The van der Waals surface area contributed by atoms with E-state index >= 15 is 0 Å². The van der Waals surface area contributed by atoms with E-state index in [1.54, 1.807) is 30.3 Å². The summed E-state index contributed by atoms with van der Waals surface area (Å²) >= 11 is 0. The Hall–Kier alpha value is -11.9. The van der Waals surface area contributed by atoms with E-state index in [2.05, 4.69) is 185 Å². The van der Waals surface area contributed by atoms with Gasteiger partial charge >= 0.3 is 0 Å². The van der Waals surface area contributed by atoms with Crippen molar-refractivity contribution < 1.29 is 0 Å². The van der Waals surface area contributed by atoms with E-state index in [9.17, 15) is 21.0 Å². The maximum Gasteiger partial charge on any atom is 0.160 e. The third kappa shape index (κ3) is 10.4. The van der Waals surface area contributed by atoms with Crippen LogP contribution in [-0.2, 0) is 0 Å². The molecule has 2 heterocycles. The molecule has 0 N–H and O–H groups in total. The second-order valence-corrected chi connectivity index (χ2v) is 20.0. The van der Waals surface area contributed by atoms with Gasteiger partial charge in [-0.05, 0) is 164 Å². The maximum atomic E-state index is 10.8. The first-order valence-electron chi connectivity index (χ1n) is 27.0. The Morgan fingerprint density at radius 3 is 1.27 bits per heavy atom. The third-order valence-corrected chi connectivity index (χ3v) is 14.8. The van der Waals surface area contributed by atoms with Crippen LogP contribution < -0.4 is 9.80 Å². The molecule has 0 fully saturated rings. The van der Waals surface area contributed by atoms with Gasteiger partial charge in [-0.2, -0.15) is 21.0 Å². The van der Waals surface area contributed by atoms with E-state index in [1.807, 2.05) is 97.9 Å². The highest BCUT2D eigenvalue weighted by molar-refractivity contribution is 6.13. The topological polar surface area (TPSA) is 132 Å². The van der Waals surface area contributed by atoms with E-state index in [4.69, 9.17) is 9.97 Å². The second-order valence-electron chi connectivity index (χ2n) is 20.0. The van der Waals surface area contributed by atoms with Gasteiger partial charge in [0, 0.05) is 72.8 Å². The van der Waals surface area contributed by atoms with Crippen molar-refractivity contribution in [2.24, 2.45) is 0 Å². The Bertz CT molecular complexity index is 4340. The molecular weight excluding hydrogens is 1010 g/mol. The van der Waals surface area contributed by atoms with Gasteiger partial charge in [0.15, 0.2) is 5.82 Å². The normalized spacial score (nSPS) is 11.3. The Kier molecular flexibility index (Phi) is 14.3. The molecule has 0 unspecified atom stereocenters. The van der Waals surface area contributed by atoms with Crippen LogP contribution >= 0.6 is 0 Å². The summed E-state index contributed by atoms with van der Waals surface area (Å²) in [5, 5.41) is 43.0. The Balaban J connectivity index is 0.923. The number of hydrogen-bond acceptors (Lipinski definition) is 8. The molecule has 0 atom stereocenters. The van der Waals surface area contributed by atoms with Crippen LogP contribution in [-0.4, -0.2) is 14.5 Å². The lowest BCUT2D eigenvalue weighted by Gasteiger charge is -2.26. The first-order valence-corrected chi connectivity index (χ1v) is 27.0. The number of nitriles is 4. The number of fused-ring (bicyclic) bond motifs is 3. The minimum absolute atomic E-state index is 0.381. The molecule has 9 nitrogen and oxygen atoms in total. The fourth-order valence-electron chi connectivity index (χ4n) is 10.9. The van der Waals surface area contributed by atoms with Gasteiger partial charge in [-0.25, -0.2) is 9.97 Å². The van der Waals surface area contributed by atoms with Crippen LogP contribution in [0, 0.1) is 45.3 Å². The molecule has 0 aliphatic heterocycles. The van der Waals surface area contributed by atoms with E-state index in [0.29, 0.717) is 50.6 Å². The fraction of sp³-hybridized carbons (Fsp3) is 0.0270. The summed E-state index contributed by atoms with van der Waals surface area (Å²) in [6.07, 6.45) is 4.06. The molecule has 0 aliphatic carbocycles. The zero-order chi connectivity index (χ0) is 56.8. The molecule has 0 spiro atoms. The average Bonchev–Trinajstić information content (AvgIpc) is 3.04. The SMILES string of the molecule is C/C(=C\C=C(/C)n1c2ccc(N(c3ccccc3)c3ccccc3)cc2c2cc(N(c3ccccc3)c3ccccc3)ccc21)c1c(C#N)cc(-c2ccc(-c3cc(-c4cccc(C#N)c4)nc(-c4cccc(C#N)c4)n3)cc2)cc1C#N. The molecule has 12 rings (SSSR count). The summed E-state index contributed by atoms with van der Waals surface area (Å²) in [5.74, 6) is 0.435. The number of benzene rings is 10. The Morgan fingerprint density at radius 1 is 0.373 bits per heavy atom. The average molecular weight is 1060 g/mol. The number of aromatic nitrogens is 3. The molecule has 390 valence electrons. The molecule has 12 aromatic rings. The predicted octanol–water partition coefficient (Wildman–Crippen LogP) is 18.6. The first-order chi connectivity index (χ1) is 40.8. The largest absolute Gasteiger partial charge is 0.313 e. The summed E-state index contributed by atoms with van der Waals surface area (Å²) in [4.78, 5) is 14.4. The monoisotopic (exact) mass is 1060 g/mol. The zero-order valence-electron chi connectivity index (χ0n) is 45.4.